The molecule has 3 rings (SSSR count). The molecule has 0 spiro atoms. The fourth-order valence-electron chi connectivity index (χ4n) is 4.22. The van der Waals surface area contributed by atoms with E-state index in [1.807, 2.05) is 18.2 Å². The number of piperidine rings is 1. The molecule has 2 aliphatic heterocycles. The highest BCUT2D eigenvalue weighted by Crippen LogP contribution is 2.37. The first-order chi connectivity index (χ1) is 18.4. The molecule has 10 heteroatoms. The molecule has 0 saturated carbocycles. The number of hydrogen-bond donors (Lipinski definition) is 2. The fraction of sp³-hybridized carbons (Fsp3) is 0.464. The second-order valence-electron chi connectivity index (χ2n) is 9.13. The molecule has 206 valence electrons. The fourth-order valence-corrected chi connectivity index (χ4v) is 4.43. The zero-order valence-electron chi connectivity index (χ0n) is 21.4. The minimum absolute atomic E-state index is 0.00982. The van der Waals surface area contributed by atoms with Gasteiger partial charge in [-0.05, 0) is 43.7 Å². The van der Waals surface area contributed by atoms with Gasteiger partial charge in [-0.3, -0.25) is 4.79 Å². The molecule has 1 unspecified atom stereocenters. The Morgan fingerprint density at radius 1 is 1.24 bits per heavy atom. The van der Waals surface area contributed by atoms with Gasteiger partial charge in [0.2, 0.25) is 0 Å². The van der Waals surface area contributed by atoms with E-state index in [1.165, 1.54) is 0 Å². The van der Waals surface area contributed by atoms with E-state index in [2.05, 4.69) is 11.7 Å². The molecule has 0 radical (unpaired) electrons. The number of allylic oxidation sites excluding steroid dienone is 2. The third kappa shape index (κ3) is 8.63. The van der Waals surface area contributed by atoms with Crippen LogP contribution in [0.1, 0.15) is 48.0 Å². The molecule has 9 nitrogen and oxygen atoms in total. The first-order valence-corrected chi connectivity index (χ1v) is 13.2. The Morgan fingerprint density at radius 3 is 2.79 bits per heavy atom. The summed E-state index contributed by atoms with van der Waals surface area (Å²) in [5.41, 5.74) is 0.299. The van der Waals surface area contributed by atoms with Crippen molar-refractivity contribution < 1.29 is 34.1 Å². The Labute approximate surface area is 228 Å². The predicted molar refractivity (Wildman–Crippen MR) is 145 cm³/mol. The molecule has 2 aliphatic rings. The van der Waals surface area contributed by atoms with Crippen LogP contribution in [0.15, 0.2) is 48.2 Å². The lowest BCUT2D eigenvalue weighted by Gasteiger charge is -2.26. The normalized spacial score (nSPS) is 21.6. The second-order valence-corrected chi connectivity index (χ2v) is 9.51. The molecule has 1 fully saturated rings. The molecular formula is C28H35ClN2O7. The maximum atomic E-state index is 12.8. The third-order valence-corrected chi connectivity index (χ3v) is 6.64. The third-order valence-electron chi connectivity index (χ3n) is 6.21. The molecule has 1 atom stereocenters. The summed E-state index contributed by atoms with van der Waals surface area (Å²) < 4.78 is 11.0. The Kier molecular flexibility index (Phi) is 11.7. The number of phenols is 2. The molecular weight excluding hydrogens is 512 g/mol. The summed E-state index contributed by atoms with van der Waals surface area (Å²) in [6, 6.07) is 0.999. The van der Waals surface area contributed by atoms with E-state index in [1.54, 1.807) is 17.1 Å². The van der Waals surface area contributed by atoms with Gasteiger partial charge in [-0.1, -0.05) is 41.1 Å². The van der Waals surface area contributed by atoms with Crippen molar-refractivity contribution in [2.75, 3.05) is 39.5 Å². The number of cyclic esters (lactones) is 1. The van der Waals surface area contributed by atoms with Gasteiger partial charge in [0.1, 0.15) is 17.1 Å². The first-order valence-electron chi connectivity index (χ1n) is 12.8. The van der Waals surface area contributed by atoms with Gasteiger partial charge in [0, 0.05) is 31.5 Å². The van der Waals surface area contributed by atoms with Crippen LogP contribution in [0.4, 0.5) is 0 Å². The first kappa shape index (κ1) is 29.3. The quantitative estimate of drug-likeness (QED) is 0.223. The molecule has 0 aliphatic carbocycles. The van der Waals surface area contributed by atoms with Gasteiger partial charge in [-0.2, -0.15) is 0 Å². The number of carbonyl (C=O) groups is 2. The summed E-state index contributed by atoms with van der Waals surface area (Å²) in [6.45, 7) is 5.77. The number of likely N-dealkylation sites (tertiary alicyclic amines) is 1. The maximum Gasteiger partial charge on any atom is 0.342 e. The highest BCUT2D eigenvalue weighted by atomic mass is 35.5. The average molecular weight is 547 g/mol. The number of benzene rings is 1. The highest BCUT2D eigenvalue weighted by molar-refractivity contribution is 6.33. The van der Waals surface area contributed by atoms with Crippen LogP contribution in [0.5, 0.6) is 11.5 Å². The van der Waals surface area contributed by atoms with Crippen molar-refractivity contribution in [2.24, 2.45) is 11.1 Å². The molecule has 1 saturated heterocycles. The van der Waals surface area contributed by atoms with Crippen LogP contribution < -0.4 is 0 Å². The van der Waals surface area contributed by atoms with Crippen molar-refractivity contribution >= 4 is 29.2 Å². The summed E-state index contributed by atoms with van der Waals surface area (Å²) in [5.74, 6) is -1.79. The number of nitrogens with zero attached hydrogens (tertiary/aromatic N) is 2. The van der Waals surface area contributed by atoms with Crippen LogP contribution in [-0.2, 0) is 25.5 Å². The molecule has 1 aromatic carbocycles. The number of aromatic hydroxyl groups is 2. The topological polar surface area (TPSA) is 118 Å². The predicted octanol–water partition coefficient (Wildman–Crippen LogP) is 4.56. The zero-order valence-corrected chi connectivity index (χ0v) is 22.2. The minimum Gasteiger partial charge on any atom is -0.507 e. The minimum atomic E-state index is -0.773. The average Bonchev–Trinajstić information content (AvgIpc) is 2.91. The standard InChI is InChI=1S/C28H35ClN2O7/c1-2-14-36-18-20-9-5-3-8-15-37-28(35)26-22(27(29)24(33)17-23(26)32)16-21(11-10-20)30-38-19-25(34)31-12-6-4-7-13-31/h2-3,5,10-11,17,20,32-33H,1,4,6-9,12-16,18-19H2/b5-3+,11-10+,30-21+. The smallest absolute Gasteiger partial charge is 0.342 e. The van der Waals surface area contributed by atoms with Crippen molar-refractivity contribution in [3.8, 4) is 11.5 Å². The summed E-state index contributed by atoms with van der Waals surface area (Å²) in [4.78, 5) is 32.6. The molecule has 0 bridgehead atoms. The second kappa shape index (κ2) is 15.2. The zero-order chi connectivity index (χ0) is 27.3. The Balaban J connectivity index is 1.92. The number of fused-ring (bicyclic) bond motifs is 1. The van der Waals surface area contributed by atoms with Crippen LogP contribution in [0.3, 0.4) is 0 Å². The number of phenolic OH excluding ortho intramolecular Hbond substituents is 2. The van der Waals surface area contributed by atoms with E-state index in [9.17, 15) is 19.8 Å². The number of carbonyl (C=O) groups excluding carboxylic acids is 2. The summed E-state index contributed by atoms with van der Waals surface area (Å²) in [6.07, 6.45) is 13.3. The Bertz CT molecular complexity index is 1080. The van der Waals surface area contributed by atoms with Gasteiger partial charge in [0.25, 0.3) is 5.91 Å². The molecule has 1 amide bonds. The van der Waals surface area contributed by atoms with Crippen molar-refractivity contribution in [2.45, 2.75) is 38.5 Å². The number of rotatable bonds is 7. The Hall–Kier alpha value is -3.30. The van der Waals surface area contributed by atoms with Crippen LogP contribution in [0.2, 0.25) is 5.02 Å². The summed E-state index contributed by atoms with van der Waals surface area (Å²) >= 11 is 6.37. The highest BCUT2D eigenvalue weighted by Gasteiger charge is 2.25. The lowest BCUT2D eigenvalue weighted by atomic mass is 9.98. The molecule has 2 N–H and O–H groups in total. The van der Waals surface area contributed by atoms with E-state index in [4.69, 9.17) is 25.9 Å². The van der Waals surface area contributed by atoms with Crippen molar-refractivity contribution in [1.29, 1.82) is 0 Å². The van der Waals surface area contributed by atoms with Gasteiger partial charge in [-0.15, -0.1) is 6.58 Å². The van der Waals surface area contributed by atoms with Gasteiger partial charge in [0.15, 0.2) is 6.61 Å². The largest absolute Gasteiger partial charge is 0.507 e. The molecule has 1 aromatic rings. The monoisotopic (exact) mass is 546 g/mol. The number of ether oxygens (including phenoxy) is 2. The van der Waals surface area contributed by atoms with Crippen molar-refractivity contribution in [3.63, 3.8) is 0 Å². The number of esters is 1. The Morgan fingerprint density at radius 2 is 2.03 bits per heavy atom. The van der Waals surface area contributed by atoms with Crippen LogP contribution in [-0.4, -0.2) is 72.2 Å². The SMILES string of the molecule is C=CCOCC1/C=C/C(=N\OCC(=O)N2CCCCC2)Cc2c(Cl)c(O)cc(O)c2C(=O)OCC/C=C/C1. The lowest BCUT2D eigenvalue weighted by molar-refractivity contribution is -0.137. The van der Waals surface area contributed by atoms with E-state index < -0.39 is 11.7 Å². The molecule has 2 heterocycles. The summed E-state index contributed by atoms with van der Waals surface area (Å²) in [5, 5.41) is 24.8. The van der Waals surface area contributed by atoms with Gasteiger partial charge >= 0.3 is 5.97 Å². The van der Waals surface area contributed by atoms with Gasteiger partial charge in [-0.25, -0.2) is 4.79 Å². The maximum absolute atomic E-state index is 12.8. The lowest BCUT2D eigenvalue weighted by Crippen LogP contribution is -2.37. The van der Waals surface area contributed by atoms with Crippen LogP contribution in [0, 0.1) is 5.92 Å². The number of oxime groups is 1. The van der Waals surface area contributed by atoms with E-state index in [0.717, 1.165) is 25.3 Å². The number of hydrogen-bond acceptors (Lipinski definition) is 8. The van der Waals surface area contributed by atoms with Crippen LogP contribution in [0.25, 0.3) is 0 Å². The van der Waals surface area contributed by atoms with Crippen molar-refractivity contribution in [3.05, 3.63) is 59.2 Å². The molecule has 38 heavy (non-hydrogen) atoms. The van der Waals surface area contributed by atoms with Gasteiger partial charge in [0.05, 0.1) is 30.6 Å². The summed E-state index contributed by atoms with van der Waals surface area (Å²) in [7, 11) is 0. The van der Waals surface area contributed by atoms with E-state index in [0.29, 0.717) is 44.9 Å². The number of amides is 1. The van der Waals surface area contributed by atoms with Crippen molar-refractivity contribution in [1.82, 2.24) is 4.90 Å². The molecule has 0 aromatic heterocycles. The van der Waals surface area contributed by atoms with E-state index >= 15 is 0 Å². The van der Waals surface area contributed by atoms with Gasteiger partial charge < -0.3 is 29.4 Å². The number of halogens is 1. The van der Waals surface area contributed by atoms with Crippen LogP contribution >= 0.6 is 11.6 Å². The van der Waals surface area contributed by atoms with E-state index in [-0.39, 0.29) is 53.4 Å².